The molecular formula is C15H18N2O6PS2-. The number of carbonyl (C=O) groups is 4. The van der Waals surface area contributed by atoms with Crippen molar-refractivity contribution in [2.24, 2.45) is 0 Å². The maximum Gasteiger partial charge on any atom is 0.306 e. The molecule has 8 nitrogen and oxygen atoms in total. The van der Waals surface area contributed by atoms with Crippen LogP contribution in [0, 0.1) is 0 Å². The first-order valence-corrected chi connectivity index (χ1v) is 11.2. The molecule has 1 fully saturated rings. The van der Waals surface area contributed by atoms with Crippen molar-refractivity contribution in [3.63, 3.8) is 0 Å². The van der Waals surface area contributed by atoms with Gasteiger partial charge in [-0.05, 0) is 13.8 Å². The average Bonchev–Trinajstić information content (AvgIpc) is 2.61. The summed E-state index contributed by atoms with van der Waals surface area (Å²) in [6.07, 6.45) is 1.60. The molecule has 0 radical (unpaired) electrons. The normalized spacial score (nSPS) is 21.9. The van der Waals surface area contributed by atoms with Crippen LogP contribution < -0.4 is 10.4 Å². The topological polar surface area (TPSA) is 116 Å². The number of esters is 1. The molecule has 1 saturated heterocycles. The predicted octanol–water partition coefficient (Wildman–Crippen LogP) is -0.468. The van der Waals surface area contributed by atoms with Crippen LogP contribution in [0.5, 0.6) is 0 Å². The van der Waals surface area contributed by atoms with E-state index in [0.717, 1.165) is 4.90 Å². The van der Waals surface area contributed by atoms with Crippen LogP contribution in [-0.2, 0) is 35.7 Å². The fraction of sp³-hybridized carbons (Fsp3) is 0.600. The first-order chi connectivity index (χ1) is 12.4. The molecule has 2 unspecified atom stereocenters. The lowest BCUT2D eigenvalue weighted by molar-refractivity contribution is -0.301. The molecule has 2 aliphatic heterocycles. The van der Waals surface area contributed by atoms with E-state index in [1.165, 1.54) is 11.8 Å². The van der Waals surface area contributed by atoms with E-state index in [1.54, 1.807) is 0 Å². The second kappa shape index (κ2) is 9.43. The summed E-state index contributed by atoms with van der Waals surface area (Å²) in [5, 5.41) is 13.7. The Labute approximate surface area is 161 Å². The van der Waals surface area contributed by atoms with Gasteiger partial charge in [-0.25, -0.2) is 0 Å². The molecule has 2 heterocycles. The Hall–Kier alpha value is -1.51. The van der Waals surface area contributed by atoms with Gasteiger partial charge in [-0.2, -0.15) is 0 Å². The largest absolute Gasteiger partial charge is 0.543 e. The molecule has 2 rings (SSSR count). The Bertz CT molecular complexity index is 669. The fourth-order valence-electron chi connectivity index (χ4n) is 2.63. The third-order valence-corrected chi connectivity index (χ3v) is 6.14. The molecule has 142 valence electrons. The van der Waals surface area contributed by atoms with Gasteiger partial charge in [0.25, 0.3) is 5.91 Å². The first kappa shape index (κ1) is 20.8. The Morgan fingerprint density at radius 2 is 2.15 bits per heavy atom. The summed E-state index contributed by atoms with van der Waals surface area (Å²) < 4.78 is 5.07. The van der Waals surface area contributed by atoms with Gasteiger partial charge in [0.05, 0.1) is 18.1 Å². The fourth-order valence-corrected chi connectivity index (χ4v) is 4.51. The molecule has 0 bridgehead atoms. The number of amides is 2. The Morgan fingerprint density at radius 1 is 1.42 bits per heavy atom. The highest BCUT2D eigenvalue weighted by atomic mass is 32.4. The number of hydrogen-bond donors (Lipinski definition) is 1. The number of carboxylic acids is 1. The zero-order valence-corrected chi connectivity index (χ0v) is 16.6. The number of ether oxygens (including phenoxy) is 1. The maximum absolute atomic E-state index is 12.3. The van der Waals surface area contributed by atoms with Crippen LogP contribution in [0.3, 0.4) is 0 Å². The van der Waals surface area contributed by atoms with Crippen LogP contribution in [0.2, 0.25) is 0 Å². The number of β-lactam (4-membered cyclic amide) rings is 1. The summed E-state index contributed by atoms with van der Waals surface area (Å²) in [6.45, 7) is 1.63. The smallest absolute Gasteiger partial charge is 0.306 e. The average molecular weight is 417 g/mol. The number of hydrogen-bond acceptors (Lipinski definition) is 8. The Morgan fingerprint density at radius 3 is 2.77 bits per heavy atom. The molecule has 0 spiro atoms. The van der Waals surface area contributed by atoms with E-state index in [9.17, 15) is 24.3 Å². The quantitative estimate of drug-likeness (QED) is 0.304. The summed E-state index contributed by atoms with van der Waals surface area (Å²) in [4.78, 5) is 48.3. The van der Waals surface area contributed by atoms with Crippen molar-refractivity contribution in [1.29, 1.82) is 0 Å². The summed E-state index contributed by atoms with van der Waals surface area (Å²) in [7, 11) is 0.655. The van der Waals surface area contributed by atoms with Gasteiger partial charge < -0.3 is 20.0 Å². The van der Waals surface area contributed by atoms with Gasteiger partial charge in [0.2, 0.25) is 5.91 Å². The van der Waals surface area contributed by atoms with E-state index in [4.69, 9.17) is 16.5 Å². The zero-order valence-electron chi connectivity index (χ0n) is 14.1. The minimum absolute atomic E-state index is 0.156. The number of carboxylic acid groups (broad SMARTS) is 1. The highest BCUT2D eigenvalue weighted by Gasteiger charge is 2.52. The van der Waals surface area contributed by atoms with Crippen molar-refractivity contribution in [3.05, 3.63) is 11.3 Å². The van der Waals surface area contributed by atoms with Crippen LogP contribution >= 0.6 is 19.1 Å². The van der Waals surface area contributed by atoms with Crippen molar-refractivity contribution in [3.8, 4) is 0 Å². The summed E-state index contributed by atoms with van der Waals surface area (Å²) in [5.74, 6) is -2.45. The van der Waals surface area contributed by atoms with E-state index in [-0.39, 0.29) is 30.4 Å². The molecule has 0 aromatic carbocycles. The molecule has 0 aromatic heterocycles. The number of nitrogens with zero attached hydrogens (tertiary/aromatic N) is 1. The predicted molar refractivity (Wildman–Crippen MR) is 96.7 cm³/mol. The Kier molecular flexibility index (Phi) is 7.55. The van der Waals surface area contributed by atoms with E-state index < -0.39 is 29.3 Å². The number of aliphatic carboxylic acids is 1. The number of fused-ring (bicyclic) bond motifs is 1. The molecule has 11 heteroatoms. The molecular weight excluding hydrogens is 399 g/mol. The highest BCUT2D eigenvalue weighted by Crippen LogP contribution is 2.40. The van der Waals surface area contributed by atoms with Crippen molar-refractivity contribution < 1.29 is 29.0 Å². The zero-order chi connectivity index (χ0) is 19.3. The highest BCUT2D eigenvalue weighted by molar-refractivity contribution is 8.00. The number of carbonyl (C=O) groups excluding carboxylic acids is 4. The SMILES string of the molecule is CCCC(=O)NC1C(=O)N2C(C(=O)[O-])=C(COC(=O)CCP=S)CSC12. The molecule has 0 saturated carbocycles. The van der Waals surface area contributed by atoms with Gasteiger partial charge in [0, 0.05) is 23.9 Å². The Balaban J connectivity index is 2.07. The standard InChI is InChI=1S/C15H19N2O6PS2/c1-2-3-9(18)16-11-13(20)17-12(15(21)22)8(7-26-14(11)17)6-23-10(19)4-5-24-25/h11,14H,2-7H2,1H3,(H,16,18)(H,21,22)/p-1. The van der Waals surface area contributed by atoms with Crippen molar-refractivity contribution in [2.45, 2.75) is 37.6 Å². The van der Waals surface area contributed by atoms with E-state index in [1.807, 2.05) is 6.92 Å². The minimum atomic E-state index is -1.50. The van der Waals surface area contributed by atoms with Crippen LogP contribution in [-0.4, -0.2) is 58.6 Å². The molecule has 2 amide bonds. The molecule has 1 N–H and O–H groups in total. The third-order valence-electron chi connectivity index (χ3n) is 3.85. The molecule has 2 atom stereocenters. The lowest BCUT2D eigenvalue weighted by Gasteiger charge is -2.50. The third kappa shape index (κ3) is 4.61. The van der Waals surface area contributed by atoms with Crippen LogP contribution in [0.4, 0.5) is 0 Å². The summed E-state index contributed by atoms with van der Waals surface area (Å²) in [5.41, 5.74) is 0.0381. The molecule has 2 aliphatic rings. The van der Waals surface area contributed by atoms with Crippen molar-refractivity contribution >= 4 is 54.7 Å². The second-order valence-corrected chi connectivity index (χ2v) is 8.29. The van der Waals surface area contributed by atoms with Gasteiger partial charge >= 0.3 is 5.97 Å². The van der Waals surface area contributed by atoms with Crippen molar-refractivity contribution in [2.75, 3.05) is 18.5 Å². The van der Waals surface area contributed by atoms with Crippen LogP contribution in [0.25, 0.3) is 0 Å². The number of thioether (sulfide) groups is 1. The van der Waals surface area contributed by atoms with E-state index in [2.05, 4.69) is 5.32 Å². The first-order valence-electron chi connectivity index (χ1n) is 8.02. The lowest BCUT2D eigenvalue weighted by Crippen LogP contribution is -2.71. The monoisotopic (exact) mass is 417 g/mol. The molecule has 26 heavy (non-hydrogen) atoms. The van der Waals surface area contributed by atoms with Gasteiger partial charge in [-0.1, -0.05) is 18.7 Å². The van der Waals surface area contributed by atoms with Crippen LogP contribution in [0.1, 0.15) is 26.2 Å². The second-order valence-electron chi connectivity index (χ2n) is 5.71. The van der Waals surface area contributed by atoms with Gasteiger partial charge in [-0.3, -0.25) is 19.3 Å². The van der Waals surface area contributed by atoms with E-state index >= 15 is 0 Å². The van der Waals surface area contributed by atoms with Gasteiger partial charge in [-0.15, -0.1) is 11.8 Å². The van der Waals surface area contributed by atoms with E-state index in [0.29, 0.717) is 31.9 Å². The lowest BCUT2D eigenvalue weighted by atomic mass is 10.0. The van der Waals surface area contributed by atoms with Gasteiger partial charge in [0.1, 0.15) is 18.0 Å². The minimum Gasteiger partial charge on any atom is -0.543 e. The summed E-state index contributed by atoms with van der Waals surface area (Å²) in [6, 6.07) is -0.747. The number of nitrogens with one attached hydrogen (secondary N) is 1. The van der Waals surface area contributed by atoms with Crippen molar-refractivity contribution in [1.82, 2.24) is 10.2 Å². The summed E-state index contributed by atoms with van der Waals surface area (Å²) >= 11 is 6.05. The maximum atomic E-state index is 12.3. The van der Waals surface area contributed by atoms with Crippen LogP contribution in [0.15, 0.2) is 11.3 Å². The van der Waals surface area contributed by atoms with Gasteiger partial charge in [0.15, 0.2) is 0 Å². The number of rotatable bonds is 9. The molecule has 0 aromatic rings. The molecule has 0 aliphatic carbocycles.